The lowest BCUT2D eigenvalue weighted by atomic mass is 9.87. The van der Waals surface area contributed by atoms with Gasteiger partial charge in [0, 0.05) is 51.3 Å². The Bertz CT molecular complexity index is 824. The molecule has 0 aliphatic carbocycles. The molecule has 3 amide bonds. The number of benzene rings is 1. The molecule has 10 heteroatoms. The predicted molar refractivity (Wildman–Crippen MR) is 119 cm³/mol. The van der Waals surface area contributed by atoms with Crippen LogP contribution in [0.15, 0.2) is 30.3 Å². The molecule has 4 rings (SSSR count). The third-order valence-electron chi connectivity index (χ3n) is 6.71. The molecule has 10 nitrogen and oxygen atoms in total. The molecule has 3 aliphatic rings. The van der Waals surface area contributed by atoms with E-state index in [-0.39, 0.29) is 12.0 Å². The molecule has 0 spiro atoms. The number of piperazine rings is 1. The number of nitrogens with one attached hydrogen (secondary N) is 1. The number of para-hydroxylation sites is 1. The van der Waals surface area contributed by atoms with Gasteiger partial charge in [0.05, 0.1) is 19.1 Å². The summed E-state index contributed by atoms with van der Waals surface area (Å²) in [7, 11) is 0. The maximum Gasteiger partial charge on any atom is 0.410 e. The van der Waals surface area contributed by atoms with E-state index in [9.17, 15) is 19.6 Å². The number of carbonyl (C=O) groups excluding carboxylic acids is 3. The molecule has 0 aromatic heterocycles. The van der Waals surface area contributed by atoms with Crippen molar-refractivity contribution in [3.05, 3.63) is 30.3 Å². The summed E-state index contributed by atoms with van der Waals surface area (Å²) >= 11 is 0. The highest BCUT2D eigenvalue weighted by Crippen LogP contribution is 2.28. The summed E-state index contributed by atoms with van der Waals surface area (Å²) in [6.07, 6.45) is 1.34. The van der Waals surface area contributed by atoms with E-state index >= 15 is 0 Å². The fraction of sp³-hybridized carbons (Fsp3) is 0.609. The summed E-state index contributed by atoms with van der Waals surface area (Å²) in [6.45, 7) is 3.68. The highest BCUT2D eigenvalue weighted by atomic mass is 16.6. The van der Waals surface area contributed by atoms with Crippen LogP contribution in [-0.2, 0) is 19.1 Å². The van der Waals surface area contributed by atoms with E-state index < -0.39 is 24.0 Å². The number of ether oxygens (including phenoxy) is 2. The Morgan fingerprint density at radius 3 is 2.33 bits per heavy atom. The van der Waals surface area contributed by atoms with Crippen LogP contribution in [0.25, 0.3) is 0 Å². The van der Waals surface area contributed by atoms with Gasteiger partial charge >= 0.3 is 6.09 Å². The lowest BCUT2D eigenvalue weighted by Crippen LogP contribution is -2.62. The number of anilines is 1. The van der Waals surface area contributed by atoms with Crippen LogP contribution in [0.1, 0.15) is 25.7 Å². The molecule has 0 unspecified atom stereocenters. The van der Waals surface area contributed by atoms with Gasteiger partial charge < -0.3 is 19.3 Å². The van der Waals surface area contributed by atoms with Gasteiger partial charge in [-0.2, -0.15) is 0 Å². The SMILES string of the molecule is O=C(NO)[C@H]1CCCN(C(=O)OC2CCOCC2)[C@@H]1C(=O)N1CCN(c2ccccc2)CC1. The van der Waals surface area contributed by atoms with E-state index in [2.05, 4.69) is 4.90 Å². The quantitative estimate of drug-likeness (QED) is 0.514. The number of hydroxylamine groups is 1. The molecule has 3 heterocycles. The zero-order valence-corrected chi connectivity index (χ0v) is 18.7. The van der Waals surface area contributed by atoms with Gasteiger partial charge in [-0.15, -0.1) is 0 Å². The second kappa shape index (κ2) is 10.8. The molecule has 180 valence electrons. The van der Waals surface area contributed by atoms with E-state index in [1.807, 2.05) is 30.3 Å². The van der Waals surface area contributed by atoms with Crippen molar-refractivity contribution in [2.75, 3.05) is 50.8 Å². The molecule has 0 bridgehead atoms. The van der Waals surface area contributed by atoms with Gasteiger partial charge in [0.15, 0.2) is 0 Å². The van der Waals surface area contributed by atoms with Crippen molar-refractivity contribution >= 4 is 23.6 Å². The molecule has 1 aromatic carbocycles. The van der Waals surface area contributed by atoms with Gasteiger partial charge in [0.1, 0.15) is 12.1 Å². The maximum absolute atomic E-state index is 13.6. The van der Waals surface area contributed by atoms with Crippen LogP contribution in [0.4, 0.5) is 10.5 Å². The Kier molecular flexibility index (Phi) is 7.66. The van der Waals surface area contributed by atoms with Gasteiger partial charge in [-0.1, -0.05) is 18.2 Å². The molecule has 3 fully saturated rings. The summed E-state index contributed by atoms with van der Waals surface area (Å²) in [5.41, 5.74) is 2.78. The molecule has 0 radical (unpaired) electrons. The van der Waals surface area contributed by atoms with Crippen LogP contribution in [0.3, 0.4) is 0 Å². The number of rotatable bonds is 4. The van der Waals surface area contributed by atoms with E-state index in [0.717, 1.165) is 5.69 Å². The average Bonchev–Trinajstić information content (AvgIpc) is 2.88. The third-order valence-corrected chi connectivity index (χ3v) is 6.71. The lowest BCUT2D eigenvalue weighted by molar-refractivity contribution is -0.149. The zero-order chi connectivity index (χ0) is 23.2. The number of piperidine rings is 1. The fourth-order valence-electron chi connectivity index (χ4n) is 4.88. The highest BCUT2D eigenvalue weighted by molar-refractivity contribution is 5.92. The Balaban J connectivity index is 1.46. The molecule has 2 N–H and O–H groups in total. The van der Waals surface area contributed by atoms with E-state index in [1.54, 1.807) is 10.4 Å². The molecular weight excluding hydrogens is 428 g/mol. The van der Waals surface area contributed by atoms with Gasteiger partial charge in [-0.3, -0.25) is 19.7 Å². The minimum Gasteiger partial charge on any atom is -0.446 e. The van der Waals surface area contributed by atoms with Crippen molar-refractivity contribution < 1.29 is 29.1 Å². The van der Waals surface area contributed by atoms with E-state index in [1.165, 1.54) is 4.90 Å². The number of hydrogen-bond acceptors (Lipinski definition) is 7. The highest BCUT2D eigenvalue weighted by Gasteiger charge is 2.46. The summed E-state index contributed by atoms with van der Waals surface area (Å²) < 4.78 is 11.0. The van der Waals surface area contributed by atoms with Crippen LogP contribution in [0, 0.1) is 5.92 Å². The molecule has 3 aliphatic heterocycles. The number of nitrogens with zero attached hydrogens (tertiary/aromatic N) is 3. The van der Waals surface area contributed by atoms with E-state index in [4.69, 9.17) is 9.47 Å². The minimum absolute atomic E-state index is 0.261. The predicted octanol–water partition coefficient (Wildman–Crippen LogP) is 1.24. The number of likely N-dealkylation sites (tertiary alicyclic amines) is 1. The van der Waals surface area contributed by atoms with Crippen LogP contribution < -0.4 is 10.4 Å². The molecule has 2 atom stereocenters. The first-order valence-electron chi connectivity index (χ1n) is 11.7. The smallest absolute Gasteiger partial charge is 0.410 e. The summed E-state index contributed by atoms with van der Waals surface area (Å²) in [5.74, 6) is -1.76. The number of hydrogen-bond donors (Lipinski definition) is 2. The Morgan fingerprint density at radius 2 is 1.67 bits per heavy atom. The van der Waals surface area contributed by atoms with Gasteiger partial charge in [0.25, 0.3) is 0 Å². The third kappa shape index (κ3) is 5.39. The van der Waals surface area contributed by atoms with Gasteiger partial charge in [-0.25, -0.2) is 10.3 Å². The van der Waals surface area contributed by atoms with Crippen molar-refractivity contribution in [2.24, 2.45) is 5.92 Å². The topological polar surface area (TPSA) is 112 Å². The molecular formula is C23H32N4O6. The van der Waals surface area contributed by atoms with Gasteiger partial charge in [0.2, 0.25) is 11.8 Å². The largest absolute Gasteiger partial charge is 0.446 e. The van der Waals surface area contributed by atoms with Gasteiger partial charge in [-0.05, 0) is 25.0 Å². The van der Waals surface area contributed by atoms with Crippen LogP contribution in [-0.4, -0.2) is 91.0 Å². The summed E-state index contributed by atoms with van der Waals surface area (Å²) in [4.78, 5) is 44.4. The first-order chi connectivity index (χ1) is 16.1. The normalized spacial score (nSPS) is 24.3. The molecule has 33 heavy (non-hydrogen) atoms. The second-order valence-electron chi connectivity index (χ2n) is 8.71. The van der Waals surface area contributed by atoms with Crippen molar-refractivity contribution in [3.8, 4) is 0 Å². The fourth-order valence-corrected chi connectivity index (χ4v) is 4.88. The van der Waals surface area contributed by atoms with Crippen LogP contribution >= 0.6 is 0 Å². The first kappa shape index (κ1) is 23.3. The van der Waals surface area contributed by atoms with Crippen molar-refractivity contribution in [1.82, 2.24) is 15.3 Å². The van der Waals surface area contributed by atoms with Crippen molar-refractivity contribution in [1.29, 1.82) is 0 Å². The van der Waals surface area contributed by atoms with Crippen LogP contribution in [0.5, 0.6) is 0 Å². The molecule has 3 saturated heterocycles. The van der Waals surface area contributed by atoms with E-state index in [0.29, 0.717) is 71.6 Å². The Morgan fingerprint density at radius 1 is 0.970 bits per heavy atom. The second-order valence-corrected chi connectivity index (χ2v) is 8.71. The number of amides is 3. The zero-order valence-electron chi connectivity index (χ0n) is 18.7. The first-order valence-corrected chi connectivity index (χ1v) is 11.7. The molecule has 0 saturated carbocycles. The average molecular weight is 461 g/mol. The number of carbonyl (C=O) groups is 3. The summed E-state index contributed by atoms with van der Waals surface area (Å²) in [6, 6.07) is 9.00. The Labute approximate surface area is 193 Å². The standard InChI is InChI=1S/C23H32N4O6/c28-21(24-31)19-7-4-10-27(23(30)33-18-8-15-32-16-9-18)20(19)22(29)26-13-11-25(12-14-26)17-5-2-1-3-6-17/h1-3,5-6,18-20,31H,4,7-16H2,(H,24,28)/t19-,20-/m0/s1. The Hall–Kier alpha value is -2.85. The van der Waals surface area contributed by atoms with Crippen LogP contribution in [0.2, 0.25) is 0 Å². The monoisotopic (exact) mass is 460 g/mol. The van der Waals surface area contributed by atoms with Crippen molar-refractivity contribution in [3.63, 3.8) is 0 Å². The lowest BCUT2D eigenvalue weighted by Gasteiger charge is -2.43. The summed E-state index contributed by atoms with van der Waals surface area (Å²) in [5, 5.41) is 9.26. The van der Waals surface area contributed by atoms with Crippen molar-refractivity contribution in [2.45, 2.75) is 37.8 Å². The minimum atomic E-state index is -0.999. The molecule has 1 aromatic rings. The maximum atomic E-state index is 13.6.